The molecule has 1 unspecified atom stereocenters. The molecule has 1 aromatic rings. The summed E-state index contributed by atoms with van der Waals surface area (Å²) in [4.78, 5) is 18.0. The van der Waals surface area contributed by atoms with Gasteiger partial charge < -0.3 is 25.6 Å². The lowest BCUT2D eigenvalue weighted by Crippen LogP contribution is -2.42. The van der Waals surface area contributed by atoms with E-state index in [4.69, 9.17) is 4.74 Å². The summed E-state index contributed by atoms with van der Waals surface area (Å²) in [6, 6.07) is 0.186. The molecular formula is C18H36IN7O2. The van der Waals surface area contributed by atoms with Crippen LogP contribution in [0.5, 0.6) is 0 Å². The largest absolute Gasteiger partial charge is 0.444 e. The van der Waals surface area contributed by atoms with Gasteiger partial charge in [-0.2, -0.15) is 5.10 Å². The second-order valence-electron chi connectivity index (χ2n) is 7.59. The standard InChI is InChI=1S/C18H35N7O2.HI/c1-18(2,3)27-17(26)21-10-8-9-20-16(19-4)22-12-15(24(5)6)14-11-23-25(7)13-14;/h11,13,15H,8-10,12H2,1-7H3,(H,21,26)(H2,19,20,22);1H. The highest BCUT2D eigenvalue weighted by molar-refractivity contribution is 14.0. The van der Waals surface area contributed by atoms with Crippen LogP contribution in [0, 0.1) is 0 Å². The van der Waals surface area contributed by atoms with Gasteiger partial charge in [0.25, 0.3) is 0 Å². The van der Waals surface area contributed by atoms with Gasteiger partial charge in [0.05, 0.1) is 12.2 Å². The van der Waals surface area contributed by atoms with E-state index >= 15 is 0 Å². The van der Waals surface area contributed by atoms with E-state index in [1.165, 1.54) is 0 Å². The first-order chi connectivity index (χ1) is 12.6. The van der Waals surface area contributed by atoms with Crippen LogP contribution in [0.4, 0.5) is 4.79 Å². The van der Waals surface area contributed by atoms with Gasteiger partial charge >= 0.3 is 6.09 Å². The summed E-state index contributed by atoms with van der Waals surface area (Å²) in [5.74, 6) is 0.725. The summed E-state index contributed by atoms with van der Waals surface area (Å²) < 4.78 is 7.00. The minimum atomic E-state index is -0.481. The Hall–Kier alpha value is -1.56. The van der Waals surface area contributed by atoms with Crippen LogP contribution in [0.3, 0.4) is 0 Å². The number of nitrogens with one attached hydrogen (secondary N) is 3. The lowest BCUT2D eigenvalue weighted by Gasteiger charge is -2.24. The fourth-order valence-corrected chi connectivity index (χ4v) is 2.42. The van der Waals surface area contributed by atoms with E-state index < -0.39 is 11.7 Å². The zero-order chi connectivity index (χ0) is 20.4. The van der Waals surface area contributed by atoms with E-state index in [1.54, 1.807) is 11.7 Å². The maximum absolute atomic E-state index is 11.6. The van der Waals surface area contributed by atoms with Crippen LogP contribution in [0.25, 0.3) is 0 Å². The van der Waals surface area contributed by atoms with Gasteiger partial charge in [0.2, 0.25) is 0 Å². The average molecular weight is 509 g/mol. The van der Waals surface area contributed by atoms with E-state index in [1.807, 2.05) is 54.3 Å². The fraction of sp³-hybridized carbons (Fsp3) is 0.722. The molecule has 3 N–H and O–H groups in total. The Morgan fingerprint density at radius 3 is 2.43 bits per heavy atom. The highest BCUT2D eigenvalue weighted by atomic mass is 127. The Kier molecular flexibility index (Phi) is 12.1. The van der Waals surface area contributed by atoms with E-state index in [2.05, 4.69) is 30.9 Å². The van der Waals surface area contributed by atoms with E-state index in [-0.39, 0.29) is 30.0 Å². The number of aliphatic imine (C=N–C) groups is 1. The highest BCUT2D eigenvalue weighted by Crippen LogP contribution is 2.15. The lowest BCUT2D eigenvalue weighted by atomic mass is 10.1. The summed E-state index contributed by atoms with van der Waals surface area (Å²) >= 11 is 0. The van der Waals surface area contributed by atoms with Crippen LogP contribution in [-0.4, -0.2) is 73.1 Å². The normalized spacial score (nSPS) is 12.9. The molecule has 1 aromatic heterocycles. The molecule has 1 heterocycles. The molecule has 0 fully saturated rings. The Bertz CT molecular complexity index is 611. The molecule has 1 atom stereocenters. The van der Waals surface area contributed by atoms with Crippen LogP contribution in [0.15, 0.2) is 17.4 Å². The molecule has 10 heteroatoms. The molecule has 0 aromatic carbocycles. The summed E-state index contributed by atoms with van der Waals surface area (Å²) in [5.41, 5.74) is 0.665. The number of aryl methyl sites for hydroxylation is 1. The summed E-state index contributed by atoms with van der Waals surface area (Å²) in [5, 5.41) is 13.6. The monoisotopic (exact) mass is 509 g/mol. The van der Waals surface area contributed by atoms with Crippen molar-refractivity contribution in [3.63, 3.8) is 0 Å². The van der Waals surface area contributed by atoms with Crippen molar-refractivity contribution in [2.45, 2.75) is 38.8 Å². The summed E-state index contributed by atoms with van der Waals surface area (Å²) in [6.45, 7) is 7.46. The van der Waals surface area contributed by atoms with Gasteiger partial charge in [0, 0.05) is 45.5 Å². The number of amides is 1. The third-order valence-corrected chi connectivity index (χ3v) is 3.73. The number of likely N-dealkylation sites (N-methyl/N-ethyl adjacent to an activating group) is 1. The first kappa shape index (κ1) is 26.4. The van der Waals surface area contributed by atoms with Crippen molar-refractivity contribution in [1.29, 1.82) is 0 Å². The number of nitrogens with zero attached hydrogens (tertiary/aromatic N) is 4. The van der Waals surface area contributed by atoms with Gasteiger partial charge in [-0.15, -0.1) is 24.0 Å². The van der Waals surface area contributed by atoms with Gasteiger partial charge in [-0.05, 0) is 41.3 Å². The number of hydrogen-bond acceptors (Lipinski definition) is 5. The number of aromatic nitrogens is 2. The third kappa shape index (κ3) is 10.7. The molecule has 0 aliphatic carbocycles. The first-order valence-electron chi connectivity index (χ1n) is 9.18. The quantitative estimate of drug-likeness (QED) is 0.214. The minimum absolute atomic E-state index is 0. The molecule has 162 valence electrons. The highest BCUT2D eigenvalue weighted by Gasteiger charge is 2.17. The second-order valence-corrected chi connectivity index (χ2v) is 7.59. The summed E-state index contributed by atoms with van der Waals surface area (Å²) in [6.07, 6.45) is 4.27. The van der Waals surface area contributed by atoms with Crippen LogP contribution in [0.1, 0.15) is 38.8 Å². The summed E-state index contributed by atoms with van der Waals surface area (Å²) in [7, 11) is 7.73. The second kappa shape index (κ2) is 12.8. The first-order valence-corrected chi connectivity index (χ1v) is 9.18. The topological polar surface area (TPSA) is 95.8 Å². The van der Waals surface area contributed by atoms with E-state index in [0.29, 0.717) is 19.6 Å². The molecule has 0 saturated carbocycles. The number of carbonyl (C=O) groups is 1. The molecule has 0 aliphatic heterocycles. The molecule has 1 rings (SSSR count). The van der Waals surface area contributed by atoms with Crippen molar-refractivity contribution in [2.75, 3.05) is 40.8 Å². The molecule has 0 saturated heterocycles. The molecule has 28 heavy (non-hydrogen) atoms. The average Bonchev–Trinajstić information content (AvgIpc) is 2.97. The van der Waals surface area contributed by atoms with Crippen LogP contribution >= 0.6 is 24.0 Å². The van der Waals surface area contributed by atoms with Gasteiger partial charge in [0.1, 0.15) is 5.60 Å². The zero-order valence-electron chi connectivity index (χ0n) is 18.1. The number of hydrogen-bond donors (Lipinski definition) is 3. The SMILES string of the molecule is CN=C(NCCCNC(=O)OC(C)(C)C)NCC(c1cnn(C)c1)N(C)C.I. The predicted molar refractivity (Wildman–Crippen MR) is 123 cm³/mol. The fourth-order valence-electron chi connectivity index (χ4n) is 2.42. The Morgan fingerprint density at radius 1 is 1.29 bits per heavy atom. The van der Waals surface area contributed by atoms with Crippen molar-refractivity contribution >= 4 is 36.0 Å². The molecule has 0 radical (unpaired) electrons. The smallest absolute Gasteiger partial charge is 0.407 e. The Morgan fingerprint density at radius 2 is 1.93 bits per heavy atom. The Balaban J connectivity index is 0.00000729. The minimum Gasteiger partial charge on any atom is -0.444 e. The van der Waals surface area contributed by atoms with Crippen LogP contribution < -0.4 is 16.0 Å². The van der Waals surface area contributed by atoms with Crippen molar-refractivity contribution in [3.05, 3.63) is 18.0 Å². The van der Waals surface area contributed by atoms with Gasteiger partial charge in [-0.1, -0.05) is 0 Å². The Labute approximate surface area is 185 Å². The van der Waals surface area contributed by atoms with Gasteiger partial charge in [-0.3, -0.25) is 9.67 Å². The van der Waals surface area contributed by atoms with Crippen molar-refractivity contribution in [3.8, 4) is 0 Å². The van der Waals surface area contributed by atoms with Crippen molar-refractivity contribution < 1.29 is 9.53 Å². The van der Waals surface area contributed by atoms with E-state index in [0.717, 1.165) is 17.9 Å². The molecule has 0 spiro atoms. The molecule has 0 aliphatic rings. The number of ether oxygens (including phenoxy) is 1. The van der Waals surface area contributed by atoms with Gasteiger partial charge in [-0.25, -0.2) is 4.79 Å². The number of rotatable bonds is 8. The van der Waals surface area contributed by atoms with Gasteiger partial charge in [0.15, 0.2) is 5.96 Å². The molecule has 1 amide bonds. The maximum atomic E-state index is 11.6. The number of halogens is 1. The number of carbonyl (C=O) groups excluding carboxylic acids is 1. The van der Waals surface area contributed by atoms with Crippen molar-refractivity contribution in [1.82, 2.24) is 30.6 Å². The van der Waals surface area contributed by atoms with Crippen LogP contribution in [-0.2, 0) is 11.8 Å². The molecule has 0 bridgehead atoms. The predicted octanol–water partition coefficient (Wildman–Crippen LogP) is 1.72. The number of guanidine groups is 1. The maximum Gasteiger partial charge on any atom is 0.407 e. The third-order valence-electron chi connectivity index (χ3n) is 3.73. The number of alkyl carbamates (subject to hydrolysis) is 1. The van der Waals surface area contributed by atoms with Crippen molar-refractivity contribution in [2.24, 2.45) is 12.0 Å². The lowest BCUT2D eigenvalue weighted by molar-refractivity contribution is 0.0527. The molecular weight excluding hydrogens is 473 g/mol. The zero-order valence-corrected chi connectivity index (χ0v) is 20.4. The molecule has 9 nitrogen and oxygen atoms in total. The van der Waals surface area contributed by atoms with E-state index in [9.17, 15) is 4.79 Å². The van der Waals surface area contributed by atoms with Crippen LogP contribution in [0.2, 0.25) is 0 Å².